The number of aliphatic carboxylic acids is 1. The summed E-state index contributed by atoms with van der Waals surface area (Å²) in [5.41, 5.74) is 1.14. The summed E-state index contributed by atoms with van der Waals surface area (Å²) in [6, 6.07) is 5.38. The Morgan fingerprint density at radius 1 is 1.36 bits per heavy atom. The molecule has 0 aliphatic carbocycles. The lowest BCUT2D eigenvalue weighted by Crippen LogP contribution is -2.44. The zero-order valence-electron chi connectivity index (χ0n) is 12.7. The van der Waals surface area contributed by atoms with Crippen molar-refractivity contribution in [2.75, 3.05) is 4.90 Å². The van der Waals surface area contributed by atoms with Gasteiger partial charge in [0.2, 0.25) is 0 Å². The second-order valence-electron chi connectivity index (χ2n) is 5.71. The first-order chi connectivity index (χ1) is 10.4. The van der Waals surface area contributed by atoms with Crippen molar-refractivity contribution in [3.05, 3.63) is 40.0 Å². The van der Waals surface area contributed by atoms with Crippen molar-refractivity contribution in [3.63, 3.8) is 0 Å². The normalized spacial score (nSPS) is 22.0. The molecule has 6 nitrogen and oxygen atoms in total. The molecule has 118 valence electrons. The molecule has 0 aromatic heterocycles. The molecule has 2 unspecified atom stereocenters. The fourth-order valence-electron chi connectivity index (χ4n) is 3.07. The van der Waals surface area contributed by atoms with Gasteiger partial charge in [-0.15, -0.1) is 0 Å². The smallest absolute Gasteiger partial charge is 0.328 e. The number of carboxylic acids is 1. The first-order valence-electron chi connectivity index (χ1n) is 7.38. The number of nitro groups is 1. The van der Waals surface area contributed by atoms with E-state index in [1.165, 1.54) is 12.1 Å². The standard InChI is InChI=1S/C16H20N2O4/c1-11-4-3-5-12(2)17(11)14-8-6-13(7-9-16(19)20)10-15(14)18(21)22/h6-12H,3-5H2,1-2H3,(H,19,20)/b9-7+. The van der Waals surface area contributed by atoms with Crippen LogP contribution in [0.15, 0.2) is 24.3 Å². The summed E-state index contributed by atoms with van der Waals surface area (Å²) in [5, 5.41) is 20.1. The summed E-state index contributed by atoms with van der Waals surface area (Å²) in [6.45, 7) is 4.16. The Labute approximate surface area is 129 Å². The maximum absolute atomic E-state index is 11.4. The molecule has 1 heterocycles. The molecular weight excluding hydrogens is 284 g/mol. The van der Waals surface area contributed by atoms with Crippen LogP contribution in [0.4, 0.5) is 11.4 Å². The first kappa shape index (κ1) is 16.0. The van der Waals surface area contributed by atoms with Crippen LogP contribution in [0.1, 0.15) is 38.7 Å². The third-order valence-corrected chi connectivity index (χ3v) is 4.09. The van der Waals surface area contributed by atoms with Gasteiger partial charge in [0.15, 0.2) is 0 Å². The van der Waals surface area contributed by atoms with Crippen molar-refractivity contribution in [2.24, 2.45) is 0 Å². The molecule has 1 N–H and O–H groups in total. The maximum atomic E-state index is 11.4. The lowest BCUT2D eigenvalue weighted by Gasteiger charge is -2.40. The zero-order valence-corrected chi connectivity index (χ0v) is 12.7. The monoisotopic (exact) mass is 304 g/mol. The van der Waals surface area contributed by atoms with Gasteiger partial charge in [-0.05, 0) is 50.8 Å². The molecule has 0 amide bonds. The second-order valence-corrected chi connectivity index (χ2v) is 5.71. The average molecular weight is 304 g/mol. The Morgan fingerprint density at radius 3 is 2.55 bits per heavy atom. The van der Waals surface area contributed by atoms with E-state index in [4.69, 9.17) is 5.11 Å². The fourth-order valence-corrected chi connectivity index (χ4v) is 3.07. The highest BCUT2D eigenvalue weighted by Crippen LogP contribution is 2.36. The van der Waals surface area contributed by atoms with Crippen molar-refractivity contribution in [2.45, 2.75) is 45.2 Å². The Hall–Kier alpha value is -2.37. The number of hydrogen-bond donors (Lipinski definition) is 1. The predicted octanol–water partition coefficient (Wildman–Crippen LogP) is 3.46. The van der Waals surface area contributed by atoms with E-state index in [-0.39, 0.29) is 17.8 Å². The van der Waals surface area contributed by atoms with Crippen LogP contribution in [-0.2, 0) is 4.79 Å². The van der Waals surface area contributed by atoms with Crippen molar-refractivity contribution in [1.82, 2.24) is 0 Å². The number of benzene rings is 1. The number of anilines is 1. The minimum absolute atomic E-state index is 0.0214. The topological polar surface area (TPSA) is 83.7 Å². The first-order valence-corrected chi connectivity index (χ1v) is 7.38. The van der Waals surface area contributed by atoms with Gasteiger partial charge < -0.3 is 10.0 Å². The van der Waals surface area contributed by atoms with Gasteiger partial charge in [-0.3, -0.25) is 10.1 Å². The summed E-state index contributed by atoms with van der Waals surface area (Å²) < 4.78 is 0. The van der Waals surface area contributed by atoms with Gasteiger partial charge in [0.1, 0.15) is 5.69 Å². The Kier molecular flexibility index (Phi) is 4.80. The van der Waals surface area contributed by atoms with Crippen molar-refractivity contribution < 1.29 is 14.8 Å². The number of nitro benzene ring substituents is 1. The lowest BCUT2D eigenvalue weighted by molar-refractivity contribution is -0.384. The summed E-state index contributed by atoms with van der Waals surface area (Å²) in [6.07, 6.45) is 5.50. The van der Waals surface area contributed by atoms with Crippen LogP contribution in [0.3, 0.4) is 0 Å². The van der Waals surface area contributed by atoms with Gasteiger partial charge >= 0.3 is 5.97 Å². The van der Waals surface area contributed by atoms with Gasteiger partial charge in [0.05, 0.1) is 4.92 Å². The van der Waals surface area contributed by atoms with Crippen molar-refractivity contribution >= 4 is 23.4 Å². The molecule has 0 bridgehead atoms. The minimum Gasteiger partial charge on any atom is -0.478 e. The molecule has 1 fully saturated rings. The quantitative estimate of drug-likeness (QED) is 0.523. The number of piperidine rings is 1. The molecule has 6 heteroatoms. The van der Waals surface area contributed by atoms with Gasteiger partial charge in [-0.2, -0.15) is 0 Å². The molecule has 2 atom stereocenters. The average Bonchev–Trinajstić information content (AvgIpc) is 2.45. The van der Waals surface area contributed by atoms with Crippen LogP contribution in [0.25, 0.3) is 6.08 Å². The Morgan fingerprint density at radius 2 is 2.00 bits per heavy atom. The van der Waals surface area contributed by atoms with E-state index in [0.717, 1.165) is 25.3 Å². The SMILES string of the molecule is CC1CCCC(C)N1c1ccc(/C=C/C(=O)O)cc1[N+](=O)[O-]. The van der Waals surface area contributed by atoms with Crippen LogP contribution >= 0.6 is 0 Å². The summed E-state index contributed by atoms with van der Waals surface area (Å²) in [7, 11) is 0. The molecule has 2 rings (SSSR count). The molecule has 1 aromatic rings. The summed E-state index contributed by atoms with van der Waals surface area (Å²) in [4.78, 5) is 23.7. The van der Waals surface area contributed by atoms with Crippen LogP contribution in [-0.4, -0.2) is 28.1 Å². The highest BCUT2D eigenvalue weighted by molar-refractivity contribution is 5.85. The molecular formula is C16H20N2O4. The predicted molar refractivity (Wildman–Crippen MR) is 85.0 cm³/mol. The number of carbonyl (C=O) groups is 1. The lowest BCUT2D eigenvalue weighted by atomic mass is 9.96. The minimum atomic E-state index is -1.08. The van der Waals surface area contributed by atoms with Crippen molar-refractivity contribution in [1.29, 1.82) is 0 Å². The van der Waals surface area contributed by atoms with Crippen LogP contribution in [0.5, 0.6) is 0 Å². The van der Waals surface area contributed by atoms with E-state index in [2.05, 4.69) is 18.7 Å². The third-order valence-electron chi connectivity index (χ3n) is 4.09. The van der Waals surface area contributed by atoms with E-state index in [0.29, 0.717) is 11.3 Å². The number of carboxylic acid groups (broad SMARTS) is 1. The van der Waals surface area contributed by atoms with Gasteiger partial charge in [-0.25, -0.2) is 4.79 Å². The van der Waals surface area contributed by atoms with Gasteiger partial charge in [0.25, 0.3) is 5.69 Å². The van der Waals surface area contributed by atoms with Crippen molar-refractivity contribution in [3.8, 4) is 0 Å². The molecule has 1 aromatic carbocycles. The van der Waals surface area contributed by atoms with Crippen LogP contribution in [0, 0.1) is 10.1 Å². The maximum Gasteiger partial charge on any atom is 0.328 e. The van der Waals surface area contributed by atoms with E-state index in [9.17, 15) is 14.9 Å². The second kappa shape index (κ2) is 6.60. The molecule has 0 radical (unpaired) electrons. The zero-order chi connectivity index (χ0) is 16.3. The number of hydrogen-bond acceptors (Lipinski definition) is 4. The fraction of sp³-hybridized carbons (Fsp3) is 0.438. The number of rotatable bonds is 4. The van der Waals surface area contributed by atoms with Gasteiger partial charge in [-0.1, -0.05) is 6.07 Å². The highest BCUT2D eigenvalue weighted by Gasteiger charge is 2.29. The van der Waals surface area contributed by atoms with E-state index in [1.54, 1.807) is 12.1 Å². The summed E-state index contributed by atoms with van der Waals surface area (Å²) in [5.74, 6) is -1.08. The molecule has 1 saturated heterocycles. The van der Waals surface area contributed by atoms with Crippen LogP contribution < -0.4 is 4.90 Å². The molecule has 22 heavy (non-hydrogen) atoms. The largest absolute Gasteiger partial charge is 0.478 e. The van der Waals surface area contributed by atoms with Crippen LogP contribution in [0.2, 0.25) is 0 Å². The highest BCUT2D eigenvalue weighted by atomic mass is 16.6. The summed E-state index contributed by atoms with van der Waals surface area (Å²) >= 11 is 0. The third kappa shape index (κ3) is 3.44. The number of nitrogens with zero attached hydrogens (tertiary/aromatic N) is 2. The Balaban J connectivity index is 2.42. The van der Waals surface area contributed by atoms with E-state index in [1.807, 2.05) is 0 Å². The van der Waals surface area contributed by atoms with Gasteiger partial charge in [0, 0.05) is 24.2 Å². The Bertz CT molecular complexity index is 602. The molecule has 1 aliphatic rings. The molecule has 0 spiro atoms. The molecule has 0 saturated carbocycles. The molecule has 1 aliphatic heterocycles. The van der Waals surface area contributed by atoms with E-state index >= 15 is 0 Å². The van der Waals surface area contributed by atoms with E-state index < -0.39 is 10.9 Å².